The molecule has 1 aromatic carbocycles. The molecule has 0 spiro atoms. The van der Waals surface area contributed by atoms with Crippen LogP contribution in [0.25, 0.3) is 10.9 Å². The Morgan fingerprint density at radius 2 is 2.30 bits per heavy atom. The van der Waals surface area contributed by atoms with Gasteiger partial charge in [-0.3, -0.25) is 4.98 Å². The highest BCUT2D eigenvalue weighted by molar-refractivity contribution is 9.10. The third kappa shape index (κ3) is 2.12. The fourth-order valence-corrected chi connectivity index (χ4v) is 3.55. The predicted octanol–water partition coefficient (Wildman–Crippen LogP) is 4.21. The minimum Gasteiger partial charge on any atom is -0.478 e. The molecule has 4 heteroatoms. The molecule has 2 aromatic rings. The Balaban J connectivity index is 2.32. The number of nitrogens with zero attached hydrogens (tertiary/aromatic N) is 1. The summed E-state index contributed by atoms with van der Waals surface area (Å²) in [7, 11) is 0. The fraction of sp³-hybridized carbons (Fsp3) is 0.375. The zero-order valence-corrected chi connectivity index (χ0v) is 12.9. The summed E-state index contributed by atoms with van der Waals surface area (Å²) in [6.45, 7) is 2.17. The van der Waals surface area contributed by atoms with Crippen molar-refractivity contribution in [3.63, 3.8) is 0 Å². The summed E-state index contributed by atoms with van der Waals surface area (Å²) in [6, 6.07) is 5.63. The zero-order valence-electron chi connectivity index (χ0n) is 11.3. The van der Waals surface area contributed by atoms with Gasteiger partial charge >= 0.3 is 5.97 Å². The largest absolute Gasteiger partial charge is 0.478 e. The summed E-state index contributed by atoms with van der Waals surface area (Å²) >= 11 is 3.48. The van der Waals surface area contributed by atoms with Crippen LogP contribution >= 0.6 is 15.9 Å². The first-order valence-corrected chi connectivity index (χ1v) is 7.74. The van der Waals surface area contributed by atoms with Crippen LogP contribution < -0.4 is 0 Å². The van der Waals surface area contributed by atoms with Crippen LogP contribution in [0.2, 0.25) is 0 Å². The number of benzene rings is 1. The number of halogens is 1. The number of hydrogen-bond donors (Lipinski definition) is 1. The highest BCUT2D eigenvalue weighted by Crippen LogP contribution is 2.34. The second-order valence-electron chi connectivity index (χ2n) is 5.37. The maximum atomic E-state index is 11.8. The van der Waals surface area contributed by atoms with Crippen LogP contribution in [0.15, 0.2) is 22.7 Å². The van der Waals surface area contributed by atoms with Crippen molar-refractivity contribution in [3.05, 3.63) is 39.5 Å². The van der Waals surface area contributed by atoms with Gasteiger partial charge in [-0.2, -0.15) is 0 Å². The number of carbonyl (C=O) groups is 1. The van der Waals surface area contributed by atoms with E-state index in [2.05, 4.69) is 22.9 Å². The standard InChI is InChI=1S/C16H16BrNO2/c1-2-9-6-7-13-11(8-9)14(16(19)20)10-4-3-5-12(17)15(10)18-13/h3-5,9H,2,6-8H2,1H3,(H,19,20). The van der Waals surface area contributed by atoms with Crippen LogP contribution in [-0.4, -0.2) is 16.1 Å². The van der Waals surface area contributed by atoms with E-state index in [1.54, 1.807) is 0 Å². The molecule has 1 heterocycles. The molecule has 0 fully saturated rings. The molecular formula is C16H16BrNO2. The Labute approximate surface area is 126 Å². The quantitative estimate of drug-likeness (QED) is 0.895. The second-order valence-corrected chi connectivity index (χ2v) is 6.22. The van der Waals surface area contributed by atoms with Crippen molar-refractivity contribution in [2.45, 2.75) is 32.6 Å². The Kier molecular flexibility index (Phi) is 3.50. The van der Waals surface area contributed by atoms with E-state index in [0.29, 0.717) is 11.5 Å². The summed E-state index contributed by atoms with van der Waals surface area (Å²) in [5.74, 6) is -0.268. The van der Waals surface area contributed by atoms with Gasteiger partial charge in [-0.15, -0.1) is 0 Å². The summed E-state index contributed by atoms with van der Waals surface area (Å²) in [5.41, 5.74) is 3.12. The van der Waals surface area contributed by atoms with Crippen molar-refractivity contribution in [1.82, 2.24) is 4.98 Å². The number of carboxylic acid groups (broad SMARTS) is 1. The number of fused-ring (bicyclic) bond motifs is 2. The first-order chi connectivity index (χ1) is 9.61. The summed E-state index contributed by atoms with van der Waals surface area (Å²) in [6.07, 6.45) is 3.91. The lowest BCUT2D eigenvalue weighted by molar-refractivity contribution is 0.0697. The number of para-hydroxylation sites is 1. The van der Waals surface area contributed by atoms with Gasteiger partial charge in [0.05, 0.1) is 11.1 Å². The lowest BCUT2D eigenvalue weighted by Crippen LogP contribution is -2.19. The van der Waals surface area contributed by atoms with Crippen molar-refractivity contribution in [3.8, 4) is 0 Å². The lowest BCUT2D eigenvalue weighted by Gasteiger charge is -2.25. The average Bonchev–Trinajstić information content (AvgIpc) is 2.44. The van der Waals surface area contributed by atoms with Crippen molar-refractivity contribution >= 4 is 32.8 Å². The Morgan fingerprint density at radius 3 is 3.00 bits per heavy atom. The highest BCUT2D eigenvalue weighted by Gasteiger charge is 2.26. The molecule has 1 unspecified atom stereocenters. The molecule has 0 saturated heterocycles. The smallest absolute Gasteiger partial charge is 0.336 e. The highest BCUT2D eigenvalue weighted by atomic mass is 79.9. The average molecular weight is 334 g/mol. The molecule has 1 aliphatic rings. The van der Waals surface area contributed by atoms with Gasteiger partial charge in [-0.1, -0.05) is 25.5 Å². The number of hydrogen-bond acceptors (Lipinski definition) is 2. The first kappa shape index (κ1) is 13.6. The molecule has 0 amide bonds. The molecule has 0 radical (unpaired) electrons. The molecule has 3 nitrogen and oxygen atoms in total. The van der Waals surface area contributed by atoms with Gasteiger partial charge in [0.2, 0.25) is 0 Å². The Hall–Kier alpha value is -1.42. The van der Waals surface area contributed by atoms with E-state index < -0.39 is 5.97 Å². The molecule has 0 aliphatic heterocycles. The third-order valence-electron chi connectivity index (χ3n) is 4.23. The topological polar surface area (TPSA) is 50.2 Å². The Morgan fingerprint density at radius 1 is 1.50 bits per heavy atom. The molecule has 20 heavy (non-hydrogen) atoms. The van der Waals surface area contributed by atoms with Crippen molar-refractivity contribution < 1.29 is 9.90 Å². The molecule has 1 aromatic heterocycles. The molecular weight excluding hydrogens is 318 g/mol. The maximum Gasteiger partial charge on any atom is 0.336 e. The van der Waals surface area contributed by atoms with Gasteiger partial charge in [-0.25, -0.2) is 4.79 Å². The SMILES string of the molecule is CCC1CCc2nc3c(Br)cccc3c(C(=O)O)c2C1. The number of aryl methyl sites for hydroxylation is 1. The van der Waals surface area contributed by atoms with E-state index in [4.69, 9.17) is 4.98 Å². The van der Waals surface area contributed by atoms with E-state index in [-0.39, 0.29) is 0 Å². The number of aromatic nitrogens is 1. The van der Waals surface area contributed by atoms with Crippen molar-refractivity contribution in [2.24, 2.45) is 5.92 Å². The summed E-state index contributed by atoms with van der Waals surface area (Å²) in [4.78, 5) is 16.5. The number of carboxylic acids is 1. The number of aromatic carboxylic acids is 1. The van der Waals surface area contributed by atoms with E-state index >= 15 is 0 Å². The van der Waals surface area contributed by atoms with Gasteiger partial charge in [0, 0.05) is 15.6 Å². The molecule has 0 saturated carbocycles. The number of rotatable bonds is 2. The van der Waals surface area contributed by atoms with Gasteiger partial charge < -0.3 is 5.11 Å². The van der Waals surface area contributed by atoms with Gasteiger partial charge in [0.1, 0.15) is 0 Å². The summed E-state index contributed by atoms with van der Waals surface area (Å²) < 4.78 is 0.859. The maximum absolute atomic E-state index is 11.8. The minimum absolute atomic E-state index is 0.449. The van der Waals surface area contributed by atoms with E-state index in [0.717, 1.165) is 52.3 Å². The van der Waals surface area contributed by atoms with Crippen molar-refractivity contribution in [1.29, 1.82) is 0 Å². The normalized spacial score (nSPS) is 18.0. The predicted molar refractivity (Wildman–Crippen MR) is 82.2 cm³/mol. The lowest BCUT2D eigenvalue weighted by atomic mass is 9.82. The molecule has 1 atom stereocenters. The van der Waals surface area contributed by atoms with Crippen LogP contribution in [0.3, 0.4) is 0 Å². The van der Waals surface area contributed by atoms with Crippen LogP contribution in [-0.2, 0) is 12.8 Å². The van der Waals surface area contributed by atoms with Crippen LogP contribution in [0.5, 0.6) is 0 Å². The van der Waals surface area contributed by atoms with Gasteiger partial charge in [0.25, 0.3) is 0 Å². The molecule has 1 aliphatic carbocycles. The number of pyridine rings is 1. The molecule has 104 valence electrons. The molecule has 0 bridgehead atoms. The van der Waals surface area contributed by atoms with Crippen LogP contribution in [0.1, 0.15) is 41.4 Å². The van der Waals surface area contributed by atoms with Gasteiger partial charge in [-0.05, 0) is 52.7 Å². The van der Waals surface area contributed by atoms with Gasteiger partial charge in [0.15, 0.2) is 0 Å². The third-order valence-corrected chi connectivity index (χ3v) is 4.87. The van der Waals surface area contributed by atoms with Crippen molar-refractivity contribution in [2.75, 3.05) is 0 Å². The summed E-state index contributed by atoms with van der Waals surface area (Å²) in [5, 5.41) is 10.4. The van der Waals surface area contributed by atoms with Crippen LogP contribution in [0, 0.1) is 5.92 Å². The van der Waals surface area contributed by atoms with E-state index in [1.165, 1.54) is 0 Å². The first-order valence-electron chi connectivity index (χ1n) is 6.95. The minimum atomic E-state index is -0.844. The van der Waals surface area contributed by atoms with Crippen LogP contribution in [0.4, 0.5) is 0 Å². The zero-order chi connectivity index (χ0) is 14.3. The second kappa shape index (κ2) is 5.17. The van der Waals surface area contributed by atoms with E-state index in [1.807, 2.05) is 18.2 Å². The monoisotopic (exact) mass is 333 g/mol. The Bertz CT molecular complexity index is 696. The fourth-order valence-electron chi connectivity index (χ4n) is 3.09. The van der Waals surface area contributed by atoms with E-state index in [9.17, 15) is 9.90 Å². The molecule has 3 rings (SSSR count). The molecule has 1 N–H and O–H groups in total.